The third kappa shape index (κ3) is 4.30. The molecule has 5 heteroatoms. The summed E-state index contributed by atoms with van der Waals surface area (Å²) in [6, 6.07) is 14.8. The molecule has 0 amide bonds. The van der Waals surface area contributed by atoms with Gasteiger partial charge in [0.05, 0.1) is 5.56 Å². The van der Waals surface area contributed by atoms with Crippen LogP contribution in [-0.2, 0) is 23.1 Å². The van der Waals surface area contributed by atoms with Crippen molar-refractivity contribution in [3.8, 4) is 0 Å². The van der Waals surface area contributed by atoms with Crippen molar-refractivity contribution in [3.05, 3.63) is 70.8 Å². The monoisotopic (exact) mass is 429 g/mol. The first kappa shape index (κ1) is 22.1. The minimum absolute atomic E-state index is 0.284. The zero-order valence-electron chi connectivity index (χ0n) is 18.2. The van der Waals surface area contributed by atoms with Gasteiger partial charge in [0.15, 0.2) is 0 Å². The molecule has 0 radical (unpaired) electrons. The van der Waals surface area contributed by atoms with Crippen molar-refractivity contribution in [2.45, 2.75) is 76.2 Å². The Balaban J connectivity index is 1.67. The predicted octanol–water partition coefficient (Wildman–Crippen LogP) is 6.69. The van der Waals surface area contributed by atoms with Gasteiger partial charge in [-0.2, -0.15) is 13.2 Å². The van der Waals surface area contributed by atoms with Crippen molar-refractivity contribution in [2.24, 2.45) is 5.92 Å². The SMILES string of the molecule is CC(C)c1ccc(CN2[C@@H]3CC[C@@]2(c2ccc(C(F)(F)F)cc2)CC(CC=O)C3)cc1. The van der Waals surface area contributed by atoms with E-state index >= 15 is 0 Å². The van der Waals surface area contributed by atoms with Crippen LogP contribution in [0.1, 0.15) is 74.1 Å². The van der Waals surface area contributed by atoms with Crippen LogP contribution in [0.15, 0.2) is 48.5 Å². The summed E-state index contributed by atoms with van der Waals surface area (Å²) in [5, 5.41) is 0. The lowest BCUT2D eigenvalue weighted by Crippen LogP contribution is -2.50. The molecule has 0 spiro atoms. The Hall–Kier alpha value is -2.14. The lowest BCUT2D eigenvalue weighted by molar-refractivity contribution is -0.137. The summed E-state index contributed by atoms with van der Waals surface area (Å²) in [4.78, 5) is 13.7. The van der Waals surface area contributed by atoms with Gasteiger partial charge >= 0.3 is 6.18 Å². The van der Waals surface area contributed by atoms with E-state index in [1.807, 2.05) is 0 Å². The Kier molecular flexibility index (Phi) is 5.99. The summed E-state index contributed by atoms with van der Waals surface area (Å²) in [7, 11) is 0. The van der Waals surface area contributed by atoms with Crippen molar-refractivity contribution >= 4 is 6.29 Å². The van der Waals surface area contributed by atoms with E-state index in [1.165, 1.54) is 23.3 Å². The summed E-state index contributed by atoms with van der Waals surface area (Å²) in [6.07, 6.45) is 0.908. The van der Waals surface area contributed by atoms with Crippen molar-refractivity contribution in [1.29, 1.82) is 0 Å². The molecule has 1 unspecified atom stereocenters. The molecule has 2 saturated heterocycles. The van der Waals surface area contributed by atoms with Gasteiger partial charge in [0.1, 0.15) is 6.29 Å². The van der Waals surface area contributed by atoms with Gasteiger partial charge in [-0.1, -0.05) is 50.2 Å². The number of rotatable bonds is 6. The molecule has 0 N–H and O–H groups in total. The average molecular weight is 430 g/mol. The van der Waals surface area contributed by atoms with Crippen LogP contribution in [0.4, 0.5) is 13.2 Å². The summed E-state index contributed by atoms with van der Waals surface area (Å²) in [5.41, 5.74) is 2.54. The first-order valence-electron chi connectivity index (χ1n) is 11.2. The maximum absolute atomic E-state index is 13.1. The number of hydrogen-bond donors (Lipinski definition) is 0. The Labute approximate surface area is 182 Å². The summed E-state index contributed by atoms with van der Waals surface area (Å²) in [5.74, 6) is 0.759. The number of piperidine rings is 1. The van der Waals surface area contributed by atoms with Crippen molar-refractivity contribution in [1.82, 2.24) is 4.90 Å². The van der Waals surface area contributed by atoms with E-state index in [2.05, 4.69) is 43.0 Å². The van der Waals surface area contributed by atoms with Crippen molar-refractivity contribution in [2.75, 3.05) is 0 Å². The molecule has 2 aliphatic rings. The van der Waals surface area contributed by atoms with Crippen molar-refractivity contribution < 1.29 is 18.0 Å². The fourth-order valence-corrected chi connectivity index (χ4v) is 5.66. The summed E-state index contributed by atoms with van der Waals surface area (Å²) in [6.45, 7) is 5.12. The van der Waals surface area contributed by atoms with E-state index in [4.69, 9.17) is 0 Å². The Morgan fingerprint density at radius 3 is 2.35 bits per heavy atom. The zero-order valence-corrected chi connectivity index (χ0v) is 18.2. The third-order valence-corrected chi connectivity index (χ3v) is 7.29. The van der Waals surface area contributed by atoms with Crippen LogP contribution in [0.2, 0.25) is 0 Å². The Morgan fingerprint density at radius 2 is 1.77 bits per heavy atom. The molecule has 0 aliphatic carbocycles. The maximum Gasteiger partial charge on any atom is 0.416 e. The maximum atomic E-state index is 13.1. The molecule has 31 heavy (non-hydrogen) atoms. The highest BCUT2D eigenvalue weighted by Gasteiger charge is 2.52. The number of nitrogens with zero attached hydrogens (tertiary/aromatic N) is 1. The van der Waals surface area contributed by atoms with Gasteiger partial charge in [-0.05, 0) is 66.3 Å². The number of alkyl halides is 3. The highest BCUT2D eigenvalue weighted by atomic mass is 19.4. The van der Waals surface area contributed by atoms with E-state index in [-0.39, 0.29) is 11.5 Å². The van der Waals surface area contributed by atoms with Gasteiger partial charge in [-0.25, -0.2) is 0 Å². The normalized spacial score (nSPS) is 26.4. The molecule has 2 fully saturated rings. The molecule has 166 valence electrons. The Bertz CT molecular complexity index is 904. The quantitative estimate of drug-likeness (QED) is 0.477. The minimum Gasteiger partial charge on any atom is -0.303 e. The third-order valence-electron chi connectivity index (χ3n) is 7.29. The molecule has 2 heterocycles. The molecule has 4 rings (SSSR count). The lowest BCUT2D eigenvalue weighted by atomic mass is 9.75. The predicted molar refractivity (Wildman–Crippen MR) is 116 cm³/mol. The van der Waals surface area contributed by atoms with E-state index in [0.717, 1.165) is 44.1 Å². The topological polar surface area (TPSA) is 20.3 Å². The lowest BCUT2D eigenvalue weighted by Gasteiger charge is -2.48. The average Bonchev–Trinajstić information content (AvgIpc) is 2.94. The molecule has 2 nitrogen and oxygen atoms in total. The molecule has 2 bridgehead atoms. The fourth-order valence-electron chi connectivity index (χ4n) is 5.66. The molecular weight excluding hydrogens is 399 g/mol. The van der Waals surface area contributed by atoms with E-state index < -0.39 is 11.7 Å². The van der Waals surface area contributed by atoms with Gasteiger partial charge in [0.25, 0.3) is 0 Å². The number of benzene rings is 2. The van der Waals surface area contributed by atoms with Crippen LogP contribution >= 0.6 is 0 Å². The van der Waals surface area contributed by atoms with Crippen LogP contribution in [0.5, 0.6) is 0 Å². The van der Waals surface area contributed by atoms with Gasteiger partial charge in [-0.15, -0.1) is 0 Å². The van der Waals surface area contributed by atoms with Crippen LogP contribution < -0.4 is 0 Å². The first-order chi connectivity index (χ1) is 14.7. The van der Waals surface area contributed by atoms with Crippen LogP contribution in [-0.4, -0.2) is 17.2 Å². The van der Waals surface area contributed by atoms with E-state index in [0.29, 0.717) is 18.4 Å². The standard InChI is InChI=1S/C26H30F3NO/c1-18(2)21-5-3-19(4-6-21)17-30-24-11-13-25(30,16-20(15-24)12-14-31)22-7-9-23(10-8-22)26(27,28)29/h3-10,14,18,20,24H,11-13,15-17H2,1-2H3/t20?,24-,25+/m1/s1. The van der Waals surface area contributed by atoms with Gasteiger partial charge in [0.2, 0.25) is 0 Å². The molecule has 0 aromatic heterocycles. The zero-order chi connectivity index (χ0) is 22.2. The molecular formula is C26H30F3NO. The van der Waals surface area contributed by atoms with Crippen LogP contribution in [0.3, 0.4) is 0 Å². The largest absolute Gasteiger partial charge is 0.416 e. The minimum atomic E-state index is -4.33. The molecule has 3 atom stereocenters. The first-order valence-corrected chi connectivity index (χ1v) is 11.2. The highest BCUT2D eigenvalue weighted by Crippen LogP contribution is 2.53. The Morgan fingerprint density at radius 1 is 1.10 bits per heavy atom. The van der Waals surface area contributed by atoms with E-state index in [9.17, 15) is 18.0 Å². The number of carbonyl (C=O) groups excluding carboxylic acids is 1. The van der Waals surface area contributed by atoms with Crippen LogP contribution in [0.25, 0.3) is 0 Å². The fraction of sp³-hybridized carbons (Fsp3) is 0.500. The number of halogens is 3. The second-order valence-corrected chi connectivity index (χ2v) is 9.53. The number of carbonyl (C=O) groups is 1. The summed E-state index contributed by atoms with van der Waals surface area (Å²) >= 11 is 0. The molecule has 0 saturated carbocycles. The highest BCUT2D eigenvalue weighted by molar-refractivity contribution is 5.50. The van der Waals surface area contributed by atoms with Crippen molar-refractivity contribution in [3.63, 3.8) is 0 Å². The van der Waals surface area contributed by atoms with Gasteiger partial charge in [0, 0.05) is 24.5 Å². The van der Waals surface area contributed by atoms with E-state index in [1.54, 1.807) is 12.1 Å². The molecule has 2 aliphatic heterocycles. The number of aldehydes is 1. The molecule has 2 aromatic carbocycles. The summed E-state index contributed by atoms with van der Waals surface area (Å²) < 4.78 is 39.3. The smallest absolute Gasteiger partial charge is 0.303 e. The number of hydrogen-bond acceptors (Lipinski definition) is 2. The number of fused-ring (bicyclic) bond motifs is 2. The second kappa shape index (κ2) is 8.42. The van der Waals surface area contributed by atoms with Crippen LogP contribution in [0, 0.1) is 5.92 Å². The molecule has 2 aromatic rings. The van der Waals surface area contributed by atoms with Gasteiger partial charge in [-0.3, -0.25) is 4.90 Å². The van der Waals surface area contributed by atoms with Gasteiger partial charge < -0.3 is 4.79 Å². The second-order valence-electron chi connectivity index (χ2n) is 9.53.